The van der Waals surface area contributed by atoms with Crippen LogP contribution in [0, 0.1) is 0 Å². The van der Waals surface area contributed by atoms with Gasteiger partial charge in [0.25, 0.3) is 0 Å². The highest BCUT2D eigenvalue weighted by atomic mass is 19.4. The molecule has 0 saturated heterocycles. The van der Waals surface area contributed by atoms with Gasteiger partial charge in [-0.15, -0.1) is 0 Å². The van der Waals surface area contributed by atoms with Gasteiger partial charge in [0.1, 0.15) is 5.75 Å². The maximum absolute atomic E-state index is 12.3. The van der Waals surface area contributed by atoms with E-state index in [2.05, 4.69) is 0 Å². The lowest BCUT2D eigenvalue weighted by Gasteiger charge is -2.20. The Balaban J connectivity index is 3.30. The summed E-state index contributed by atoms with van der Waals surface area (Å²) in [6.07, 6.45) is -4.48. The van der Waals surface area contributed by atoms with Crippen molar-refractivity contribution in [1.82, 2.24) is 0 Å². The van der Waals surface area contributed by atoms with Crippen LogP contribution in [0.2, 0.25) is 0 Å². The number of benzene rings is 1. The average Bonchev–Trinajstić information content (AvgIpc) is 2.00. The Labute approximate surface area is 85.0 Å². The zero-order valence-electron chi connectivity index (χ0n) is 8.26. The highest BCUT2D eigenvalue weighted by molar-refractivity contribution is 5.40. The fourth-order valence-corrected chi connectivity index (χ4v) is 1.20. The van der Waals surface area contributed by atoms with Crippen LogP contribution < -0.4 is 0 Å². The van der Waals surface area contributed by atoms with E-state index in [0.29, 0.717) is 0 Å². The van der Waals surface area contributed by atoms with E-state index in [1.54, 1.807) is 0 Å². The van der Waals surface area contributed by atoms with Crippen molar-refractivity contribution < 1.29 is 23.4 Å². The van der Waals surface area contributed by atoms with E-state index in [1.807, 2.05) is 0 Å². The average molecular weight is 220 g/mol. The van der Waals surface area contributed by atoms with E-state index in [4.69, 9.17) is 0 Å². The standard InChI is InChI=1S/C10H11F3O2/c1-9(2,15)7-5-6(10(11,12)13)3-4-8(7)14/h3-5,14-15H,1-2H3. The van der Waals surface area contributed by atoms with Crippen molar-refractivity contribution in [1.29, 1.82) is 0 Å². The third-order valence-corrected chi connectivity index (χ3v) is 1.98. The lowest BCUT2D eigenvalue weighted by Crippen LogP contribution is -2.17. The molecule has 0 radical (unpaired) electrons. The Hall–Kier alpha value is -1.23. The molecule has 0 bridgehead atoms. The molecule has 0 heterocycles. The Bertz CT molecular complexity index is 364. The zero-order chi connectivity index (χ0) is 11.9. The Morgan fingerprint density at radius 3 is 2.07 bits per heavy atom. The molecule has 0 fully saturated rings. The first kappa shape index (κ1) is 11.8. The molecule has 0 aliphatic rings. The third kappa shape index (κ3) is 2.62. The molecule has 0 spiro atoms. The Kier molecular flexibility index (Phi) is 2.69. The van der Waals surface area contributed by atoms with Crippen LogP contribution in [0.4, 0.5) is 13.2 Å². The second kappa shape index (κ2) is 3.41. The monoisotopic (exact) mass is 220 g/mol. The summed E-state index contributed by atoms with van der Waals surface area (Å²) < 4.78 is 37.0. The first-order valence-corrected chi connectivity index (χ1v) is 4.25. The topological polar surface area (TPSA) is 40.5 Å². The molecule has 0 amide bonds. The molecule has 1 rings (SSSR count). The molecule has 1 aromatic rings. The molecular weight excluding hydrogens is 209 g/mol. The van der Waals surface area contributed by atoms with Crippen LogP contribution in [0.3, 0.4) is 0 Å². The number of aromatic hydroxyl groups is 1. The summed E-state index contributed by atoms with van der Waals surface area (Å²) in [4.78, 5) is 0. The maximum Gasteiger partial charge on any atom is 0.416 e. The Morgan fingerprint density at radius 2 is 1.67 bits per heavy atom. The van der Waals surface area contributed by atoms with Crippen LogP contribution in [0.25, 0.3) is 0 Å². The van der Waals surface area contributed by atoms with Gasteiger partial charge in [0.15, 0.2) is 0 Å². The van der Waals surface area contributed by atoms with Crippen LogP contribution in [0.1, 0.15) is 25.0 Å². The summed E-state index contributed by atoms with van der Waals surface area (Å²) in [5.41, 5.74) is -2.54. The molecule has 2 N–H and O–H groups in total. The van der Waals surface area contributed by atoms with E-state index in [9.17, 15) is 23.4 Å². The number of aliphatic hydroxyl groups is 1. The first-order chi connectivity index (χ1) is 6.62. The van der Waals surface area contributed by atoms with Crippen molar-refractivity contribution in [2.45, 2.75) is 25.6 Å². The van der Waals surface area contributed by atoms with Gasteiger partial charge in [0.2, 0.25) is 0 Å². The number of halogens is 3. The van der Waals surface area contributed by atoms with Gasteiger partial charge in [-0.05, 0) is 32.0 Å². The molecule has 0 aliphatic carbocycles. The van der Waals surface area contributed by atoms with Gasteiger partial charge in [0, 0.05) is 5.56 Å². The fraction of sp³-hybridized carbons (Fsp3) is 0.400. The first-order valence-electron chi connectivity index (χ1n) is 4.25. The van der Waals surface area contributed by atoms with Gasteiger partial charge >= 0.3 is 6.18 Å². The van der Waals surface area contributed by atoms with Gasteiger partial charge < -0.3 is 10.2 Å². The minimum atomic E-state index is -4.48. The molecule has 15 heavy (non-hydrogen) atoms. The lowest BCUT2D eigenvalue weighted by atomic mass is 9.95. The van der Waals surface area contributed by atoms with Crippen molar-refractivity contribution >= 4 is 0 Å². The quantitative estimate of drug-likeness (QED) is 0.763. The molecule has 5 heteroatoms. The largest absolute Gasteiger partial charge is 0.508 e. The molecule has 0 aliphatic heterocycles. The number of alkyl halides is 3. The lowest BCUT2D eigenvalue weighted by molar-refractivity contribution is -0.137. The van der Waals surface area contributed by atoms with Gasteiger partial charge in [0.05, 0.1) is 11.2 Å². The summed E-state index contributed by atoms with van der Waals surface area (Å²) in [5, 5.41) is 18.8. The summed E-state index contributed by atoms with van der Waals surface area (Å²) in [6, 6.07) is 2.44. The normalized spacial score (nSPS) is 12.9. The summed E-state index contributed by atoms with van der Waals surface area (Å²) in [5.74, 6) is -0.351. The van der Waals surface area contributed by atoms with Gasteiger partial charge in [-0.25, -0.2) is 0 Å². The number of phenols is 1. The van der Waals surface area contributed by atoms with Crippen LogP contribution in [0.5, 0.6) is 5.75 Å². The minimum absolute atomic E-state index is 0.141. The molecular formula is C10H11F3O2. The molecule has 84 valence electrons. The fourth-order valence-electron chi connectivity index (χ4n) is 1.20. The van der Waals surface area contributed by atoms with E-state index in [1.165, 1.54) is 13.8 Å². The van der Waals surface area contributed by atoms with E-state index >= 15 is 0 Å². The van der Waals surface area contributed by atoms with Crippen molar-refractivity contribution in [3.05, 3.63) is 29.3 Å². The van der Waals surface area contributed by atoms with E-state index in [-0.39, 0.29) is 11.3 Å². The van der Waals surface area contributed by atoms with E-state index in [0.717, 1.165) is 18.2 Å². The smallest absolute Gasteiger partial charge is 0.416 e. The van der Waals surface area contributed by atoms with Gasteiger partial charge in [-0.2, -0.15) is 13.2 Å². The summed E-state index contributed by atoms with van der Waals surface area (Å²) in [7, 11) is 0. The summed E-state index contributed by atoms with van der Waals surface area (Å²) in [6.45, 7) is 2.62. The number of phenolic OH excluding ortho intramolecular Hbond substituents is 1. The highest BCUT2D eigenvalue weighted by Crippen LogP contribution is 2.35. The minimum Gasteiger partial charge on any atom is -0.508 e. The second-order valence-corrected chi connectivity index (χ2v) is 3.79. The number of hydrogen-bond donors (Lipinski definition) is 2. The predicted molar refractivity (Wildman–Crippen MR) is 48.4 cm³/mol. The highest BCUT2D eigenvalue weighted by Gasteiger charge is 2.32. The molecule has 2 nitrogen and oxygen atoms in total. The molecule has 0 atom stereocenters. The Morgan fingerprint density at radius 1 is 1.13 bits per heavy atom. The maximum atomic E-state index is 12.3. The van der Waals surface area contributed by atoms with Crippen molar-refractivity contribution in [2.24, 2.45) is 0 Å². The van der Waals surface area contributed by atoms with E-state index < -0.39 is 17.3 Å². The molecule has 0 unspecified atom stereocenters. The van der Waals surface area contributed by atoms with Crippen LogP contribution in [-0.4, -0.2) is 10.2 Å². The number of rotatable bonds is 1. The van der Waals surface area contributed by atoms with Crippen molar-refractivity contribution in [3.8, 4) is 5.75 Å². The SMILES string of the molecule is CC(C)(O)c1cc(C(F)(F)F)ccc1O. The third-order valence-electron chi connectivity index (χ3n) is 1.98. The van der Waals surface area contributed by atoms with Gasteiger partial charge in [-0.3, -0.25) is 0 Å². The predicted octanol–water partition coefficient (Wildman–Crippen LogP) is 2.64. The molecule has 0 aromatic heterocycles. The summed E-state index contributed by atoms with van der Waals surface area (Å²) >= 11 is 0. The van der Waals surface area contributed by atoms with Crippen LogP contribution >= 0.6 is 0 Å². The van der Waals surface area contributed by atoms with Crippen molar-refractivity contribution in [2.75, 3.05) is 0 Å². The second-order valence-electron chi connectivity index (χ2n) is 3.79. The molecule has 1 aromatic carbocycles. The zero-order valence-corrected chi connectivity index (χ0v) is 8.26. The van der Waals surface area contributed by atoms with Gasteiger partial charge in [-0.1, -0.05) is 0 Å². The van der Waals surface area contributed by atoms with Crippen LogP contribution in [-0.2, 0) is 11.8 Å². The van der Waals surface area contributed by atoms with Crippen molar-refractivity contribution in [3.63, 3.8) is 0 Å². The number of hydrogen-bond acceptors (Lipinski definition) is 2. The molecule has 0 saturated carbocycles. The van der Waals surface area contributed by atoms with Crippen LogP contribution in [0.15, 0.2) is 18.2 Å².